The SMILES string of the molecule is Cc1nc2ccccc2n1Cc1[c]cc(F)cc1. The highest BCUT2D eigenvalue weighted by Crippen LogP contribution is 2.17. The number of aromatic nitrogens is 2. The Morgan fingerprint density at radius 1 is 1.22 bits per heavy atom. The van der Waals surface area contributed by atoms with Crippen molar-refractivity contribution in [1.82, 2.24) is 9.55 Å². The lowest BCUT2D eigenvalue weighted by Crippen LogP contribution is -2.02. The summed E-state index contributed by atoms with van der Waals surface area (Å²) in [5, 5.41) is 0. The van der Waals surface area contributed by atoms with Crippen LogP contribution in [0.2, 0.25) is 0 Å². The van der Waals surface area contributed by atoms with Gasteiger partial charge in [0.25, 0.3) is 0 Å². The van der Waals surface area contributed by atoms with Crippen molar-refractivity contribution in [2.24, 2.45) is 0 Å². The van der Waals surface area contributed by atoms with Gasteiger partial charge in [-0.3, -0.25) is 0 Å². The van der Waals surface area contributed by atoms with Gasteiger partial charge in [-0.2, -0.15) is 0 Å². The van der Waals surface area contributed by atoms with Crippen LogP contribution in [0.25, 0.3) is 11.0 Å². The zero-order chi connectivity index (χ0) is 12.5. The highest BCUT2D eigenvalue weighted by atomic mass is 19.1. The maximum atomic E-state index is 12.8. The van der Waals surface area contributed by atoms with Gasteiger partial charge in [0.1, 0.15) is 11.6 Å². The van der Waals surface area contributed by atoms with Gasteiger partial charge in [-0.25, -0.2) is 9.37 Å². The van der Waals surface area contributed by atoms with Crippen molar-refractivity contribution in [2.45, 2.75) is 13.5 Å². The number of halogens is 1. The van der Waals surface area contributed by atoms with Crippen molar-refractivity contribution < 1.29 is 4.39 Å². The second kappa shape index (κ2) is 4.26. The summed E-state index contributed by atoms with van der Waals surface area (Å²) in [6.45, 7) is 2.64. The molecule has 3 rings (SSSR count). The highest BCUT2D eigenvalue weighted by Gasteiger charge is 2.07. The largest absolute Gasteiger partial charge is 0.324 e. The molecule has 0 aliphatic heterocycles. The van der Waals surface area contributed by atoms with Crippen LogP contribution in [0.3, 0.4) is 0 Å². The van der Waals surface area contributed by atoms with Crippen LogP contribution in [0.15, 0.2) is 42.5 Å². The lowest BCUT2D eigenvalue weighted by Gasteiger charge is -2.06. The average Bonchev–Trinajstić information content (AvgIpc) is 2.69. The van der Waals surface area contributed by atoms with Gasteiger partial charge in [0.15, 0.2) is 0 Å². The molecule has 1 heterocycles. The zero-order valence-corrected chi connectivity index (χ0v) is 10.0. The Morgan fingerprint density at radius 3 is 2.83 bits per heavy atom. The summed E-state index contributed by atoms with van der Waals surface area (Å²) in [7, 11) is 0. The molecule has 0 atom stereocenters. The van der Waals surface area contributed by atoms with Crippen molar-refractivity contribution in [1.29, 1.82) is 0 Å². The second-order valence-electron chi connectivity index (χ2n) is 4.27. The normalized spacial score (nSPS) is 11.0. The number of benzene rings is 2. The molecule has 1 aromatic heterocycles. The molecule has 3 heteroatoms. The van der Waals surface area contributed by atoms with Gasteiger partial charge < -0.3 is 4.57 Å². The number of para-hydroxylation sites is 2. The fraction of sp³-hybridized carbons (Fsp3) is 0.133. The standard InChI is InChI=1S/C15H12FN2/c1-11-17-14-4-2-3-5-15(14)18(11)10-12-6-8-13(16)9-7-12/h2-6,8-9H,10H2,1H3. The summed E-state index contributed by atoms with van der Waals surface area (Å²) in [6.07, 6.45) is 0. The molecule has 2 nitrogen and oxygen atoms in total. The van der Waals surface area contributed by atoms with E-state index >= 15 is 0 Å². The summed E-state index contributed by atoms with van der Waals surface area (Å²) in [6, 6.07) is 15.5. The van der Waals surface area contributed by atoms with Crippen molar-refractivity contribution in [3.63, 3.8) is 0 Å². The molecule has 0 saturated heterocycles. The number of nitrogens with zero attached hydrogens (tertiary/aromatic N) is 2. The molecule has 1 radical (unpaired) electrons. The molecule has 0 unspecified atom stereocenters. The van der Waals surface area contributed by atoms with Crippen LogP contribution in [0, 0.1) is 18.8 Å². The zero-order valence-electron chi connectivity index (χ0n) is 10.0. The summed E-state index contributed by atoms with van der Waals surface area (Å²) < 4.78 is 15.0. The number of hydrogen-bond donors (Lipinski definition) is 0. The van der Waals surface area contributed by atoms with Crippen LogP contribution in [-0.2, 0) is 6.54 Å². The van der Waals surface area contributed by atoms with Crippen molar-refractivity contribution in [3.05, 3.63) is 65.7 Å². The van der Waals surface area contributed by atoms with Gasteiger partial charge in [0.05, 0.1) is 11.0 Å². The molecule has 0 N–H and O–H groups in total. The third-order valence-electron chi connectivity index (χ3n) is 3.01. The molecule has 0 amide bonds. The third-order valence-corrected chi connectivity index (χ3v) is 3.01. The lowest BCUT2D eigenvalue weighted by molar-refractivity contribution is 0.626. The fourth-order valence-electron chi connectivity index (χ4n) is 2.10. The predicted octanol–water partition coefficient (Wildman–Crippen LogP) is 3.33. The Kier molecular flexibility index (Phi) is 2.59. The molecule has 0 aliphatic carbocycles. The average molecular weight is 239 g/mol. The molecular weight excluding hydrogens is 227 g/mol. The molecule has 0 saturated carbocycles. The minimum atomic E-state index is -0.258. The number of fused-ring (bicyclic) bond motifs is 1. The van der Waals surface area contributed by atoms with Gasteiger partial charge in [-0.05, 0) is 42.8 Å². The Morgan fingerprint density at radius 2 is 2.06 bits per heavy atom. The van der Waals surface area contributed by atoms with E-state index in [1.807, 2.05) is 31.2 Å². The first kappa shape index (κ1) is 11.0. The predicted molar refractivity (Wildman–Crippen MR) is 68.8 cm³/mol. The van der Waals surface area contributed by atoms with E-state index < -0.39 is 0 Å². The summed E-state index contributed by atoms with van der Waals surface area (Å²) in [5.41, 5.74) is 3.02. The van der Waals surface area contributed by atoms with E-state index in [0.29, 0.717) is 6.54 Å². The molecular formula is C15H12FN2. The van der Waals surface area contributed by atoms with Crippen molar-refractivity contribution in [2.75, 3.05) is 0 Å². The first-order chi connectivity index (χ1) is 8.74. The third kappa shape index (κ3) is 1.88. The highest BCUT2D eigenvalue weighted by molar-refractivity contribution is 5.75. The Bertz CT molecular complexity index is 683. The topological polar surface area (TPSA) is 17.8 Å². The Balaban J connectivity index is 2.04. The Labute approximate surface area is 105 Å². The van der Waals surface area contributed by atoms with Gasteiger partial charge in [0.2, 0.25) is 0 Å². The van der Waals surface area contributed by atoms with Gasteiger partial charge in [-0.15, -0.1) is 0 Å². The van der Waals surface area contributed by atoms with E-state index in [2.05, 4.69) is 15.6 Å². The summed E-state index contributed by atoms with van der Waals surface area (Å²) >= 11 is 0. The molecule has 18 heavy (non-hydrogen) atoms. The van der Waals surface area contributed by atoms with Crippen LogP contribution < -0.4 is 0 Å². The summed E-state index contributed by atoms with van der Waals surface area (Å²) in [5.74, 6) is 0.694. The van der Waals surface area contributed by atoms with E-state index in [-0.39, 0.29) is 5.82 Å². The van der Waals surface area contributed by atoms with Gasteiger partial charge >= 0.3 is 0 Å². The van der Waals surface area contributed by atoms with E-state index in [9.17, 15) is 4.39 Å². The molecule has 0 fully saturated rings. The van der Waals surface area contributed by atoms with E-state index in [4.69, 9.17) is 0 Å². The van der Waals surface area contributed by atoms with E-state index in [1.54, 1.807) is 6.07 Å². The number of aryl methyl sites for hydroxylation is 1. The molecule has 89 valence electrons. The van der Waals surface area contributed by atoms with Crippen molar-refractivity contribution in [3.8, 4) is 0 Å². The molecule has 2 aromatic carbocycles. The molecule has 0 spiro atoms. The summed E-state index contributed by atoms with van der Waals surface area (Å²) in [4.78, 5) is 4.50. The fourth-order valence-corrected chi connectivity index (χ4v) is 2.10. The molecule has 0 bridgehead atoms. The van der Waals surface area contributed by atoms with Crippen LogP contribution in [-0.4, -0.2) is 9.55 Å². The Hall–Kier alpha value is -2.16. The lowest BCUT2D eigenvalue weighted by atomic mass is 10.2. The second-order valence-corrected chi connectivity index (χ2v) is 4.27. The maximum Gasteiger partial charge on any atom is 0.123 e. The van der Waals surface area contributed by atoms with Gasteiger partial charge in [0, 0.05) is 6.54 Å². The monoisotopic (exact) mass is 239 g/mol. The van der Waals surface area contributed by atoms with Crippen LogP contribution in [0.4, 0.5) is 4.39 Å². The minimum Gasteiger partial charge on any atom is -0.324 e. The van der Waals surface area contributed by atoms with E-state index in [1.165, 1.54) is 12.1 Å². The smallest absolute Gasteiger partial charge is 0.123 e. The van der Waals surface area contributed by atoms with Crippen LogP contribution in [0.5, 0.6) is 0 Å². The number of rotatable bonds is 2. The number of imidazole rings is 1. The van der Waals surface area contributed by atoms with Crippen LogP contribution >= 0.6 is 0 Å². The molecule has 3 aromatic rings. The van der Waals surface area contributed by atoms with Crippen molar-refractivity contribution >= 4 is 11.0 Å². The van der Waals surface area contributed by atoms with E-state index in [0.717, 1.165) is 22.4 Å². The first-order valence-electron chi connectivity index (χ1n) is 5.82. The molecule has 0 aliphatic rings. The van der Waals surface area contributed by atoms with Crippen LogP contribution in [0.1, 0.15) is 11.4 Å². The van der Waals surface area contributed by atoms with Gasteiger partial charge in [-0.1, -0.05) is 18.2 Å². The quantitative estimate of drug-likeness (QED) is 0.670. The maximum absolute atomic E-state index is 12.8. The first-order valence-corrected chi connectivity index (χ1v) is 5.82. The minimum absolute atomic E-state index is 0.258. The number of hydrogen-bond acceptors (Lipinski definition) is 1.